The van der Waals surface area contributed by atoms with Crippen LogP contribution in [0.3, 0.4) is 0 Å². The van der Waals surface area contributed by atoms with Crippen LogP contribution in [0.5, 0.6) is 5.75 Å². The summed E-state index contributed by atoms with van der Waals surface area (Å²) in [4.78, 5) is 14.9. The van der Waals surface area contributed by atoms with Gasteiger partial charge in [0.1, 0.15) is 4.60 Å². The van der Waals surface area contributed by atoms with Crippen molar-refractivity contribution in [3.05, 3.63) is 19.9 Å². The molecule has 0 saturated heterocycles. The quantitative estimate of drug-likeness (QED) is 0.474. The zero-order valence-electron chi connectivity index (χ0n) is 6.54. The van der Waals surface area contributed by atoms with Gasteiger partial charge in [-0.15, -0.1) is 0 Å². The van der Waals surface area contributed by atoms with Crippen LogP contribution in [0.15, 0.2) is 10.7 Å². The molecule has 0 aliphatic heterocycles. The van der Waals surface area contributed by atoms with Gasteiger partial charge in [0.25, 0.3) is 0 Å². The van der Waals surface area contributed by atoms with Gasteiger partial charge in [0.2, 0.25) is 0 Å². The first-order chi connectivity index (χ1) is 6.06. The lowest BCUT2D eigenvalue weighted by molar-refractivity contribution is 0.0590. The van der Waals surface area contributed by atoms with E-state index in [9.17, 15) is 9.90 Å². The molecule has 0 aliphatic rings. The summed E-state index contributed by atoms with van der Waals surface area (Å²) in [6, 6.07) is 1.60. The molecule has 13 heavy (non-hydrogen) atoms. The fraction of sp³-hybridized carbons (Fsp3) is 0.143. The number of nitrogens with zero attached hydrogens (tertiary/aromatic N) is 1. The minimum absolute atomic E-state index is 0.0822. The summed E-state index contributed by atoms with van der Waals surface area (Å²) in [5.41, 5.74) is -0.0822. The Balaban J connectivity index is 3.28. The number of methoxy groups -OCH3 is 1. The smallest absolute Gasteiger partial charge is 0.360 e. The van der Waals surface area contributed by atoms with E-state index in [1.54, 1.807) is 6.07 Å². The Morgan fingerprint density at radius 2 is 2.38 bits per heavy atom. The predicted molar refractivity (Wildman–Crippen MR) is 57.7 cm³/mol. The Morgan fingerprint density at radius 1 is 1.77 bits per heavy atom. The maximum Gasteiger partial charge on any atom is 0.360 e. The van der Waals surface area contributed by atoms with E-state index in [0.29, 0.717) is 8.17 Å². The number of pyridine rings is 1. The minimum Gasteiger partial charge on any atom is -0.504 e. The van der Waals surface area contributed by atoms with Gasteiger partial charge in [0.05, 0.1) is 10.7 Å². The molecule has 0 amide bonds. The summed E-state index contributed by atoms with van der Waals surface area (Å²) in [5, 5.41) is 9.43. The van der Waals surface area contributed by atoms with Gasteiger partial charge in [0, 0.05) is 0 Å². The van der Waals surface area contributed by atoms with Crippen LogP contribution in [0, 0.1) is 3.57 Å². The third-order valence-electron chi connectivity index (χ3n) is 1.29. The molecule has 1 N–H and O–H groups in total. The highest BCUT2D eigenvalue weighted by atomic mass is 127. The molecule has 0 spiro atoms. The van der Waals surface area contributed by atoms with E-state index in [0.717, 1.165) is 0 Å². The molecule has 0 unspecified atom stereocenters. The Hall–Kier alpha value is -0.370. The minimum atomic E-state index is -0.656. The van der Waals surface area contributed by atoms with Gasteiger partial charge in [-0.1, -0.05) is 0 Å². The van der Waals surface area contributed by atoms with E-state index in [2.05, 4.69) is 25.7 Å². The normalized spacial score (nSPS) is 9.77. The number of hydrogen-bond acceptors (Lipinski definition) is 4. The van der Waals surface area contributed by atoms with Crippen LogP contribution in [0.4, 0.5) is 0 Å². The highest BCUT2D eigenvalue weighted by molar-refractivity contribution is 14.1. The van der Waals surface area contributed by atoms with E-state index in [1.807, 2.05) is 22.6 Å². The number of aromatic hydroxyl groups is 1. The van der Waals surface area contributed by atoms with Crippen LogP contribution in [0.25, 0.3) is 0 Å². The Morgan fingerprint density at radius 3 is 2.92 bits per heavy atom. The van der Waals surface area contributed by atoms with Gasteiger partial charge in [-0.3, -0.25) is 0 Å². The molecular formula is C7H5BrINO3. The number of carbonyl (C=O) groups excluding carboxylic acids is 1. The zero-order valence-corrected chi connectivity index (χ0v) is 10.3. The largest absolute Gasteiger partial charge is 0.504 e. The summed E-state index contributed by atoms with van der Waals surface area (Å²) in [7, 11) is 1.23. The standard InChI is InChI=1S/C7H5BrINO3/c1-13-7(12)5-6(11)3(9)2-4(8)10-5/h2,11H,1H3. The molecule has 0 saturated carbocycles. The average Bonchev–Trinajstić information content (AvgIpc) is 2.10. The molecule has 0 aromatic carbocycles. The lowest BCUT2D eigenvalue weighted by atomic mass is 10.3. The number of rotatable bonds is 1. The van der Waals surface area contributed by atoms with Crippen molar-refractivity contribution in [2.24, 2.45) is 0 Å². The van der Waals surface area contributed by atoms with E-state index < -0.39 is 5.97 Å². The number of ether oxygens (including phenoxy) is 1. The van der Waals surface area contributed by atoms with Crippen molar-refractivity contribution < 1.29 is 14.6 Å². The van der Waals surface area contributed by atoms with Crippen LogP contribution >= 0.6 is 38.5 Å². The lowest BCUT2D eigenvalue weighted by Crippen LogP contribution is -2.05. The Kier molecular flexibility index (Phi) is 3.48. The van der Waals surface area contributed by atoms with E-state index in [1.165, 1.54) is 7.11 Å². The van der Waals surface area contributed by atoms with E-state index in [-0.39, 0.29) is 11.4 Å². The van der Waals surface area contributed by atoms with Gasteiger partial charge < -0.3 is 9.84 Å². The molecule has 6 heteroatoms. The highest BCUT2D eigenvalue weighted by Crippen LogP contribution is 2.26. The molecular weight excluding hydrogens is 353 g/mol. The summed E-state index contributed by atoms with van der Waals surface area (Å²) in [5.74, 6) is -0.813. The van der Waals surface area contributed by atoms with Gasteiger partial charge in [-0.25, -0.2) is 9.78 Å². The van der Waals surface area contributed by atoms with Crippen molar-refractivity contribution >= 4 is 44.5 Å². The van der Waals surface area contributed by atoms with E-state index in [4.69, 9.17) is 0 Å². The van der Waals surface area contributed by atoms with Crippen LogP contribution in [0.1, 0.15) is 10.5 Å². The molecule has 4 nitrogen and oxygen atoms in total. The first-order valence-corrected chi connectivity index (χ1v) is 5.06. The summed E-state index contributed by atoms with van der Waals surface area (Å²) in [6.45, 7) is 0. The van der Waals surface area contributed by atoms with E-state index >= 15 is 0 Å². The maximum atomic E-state index is 11.1. The second-order valence-electron chi connectivity index (χ2n) is 2.12. The van der Waals surface area contributed by atoms with Crippen molar-refractivity contribution in [3.8, 4) is 5.75 Å². The van der Waals surface area contributed by atoms with Gasteiger partial charge in [-0.2, -0.15) is 0 Å². The second kappa shape index (κ2) is 4.23. The van der Waals surface area contributed by atoms with Gasteiger partial charge in [-0.05, 0) is 44.6 Å². The molecule has 0 atom stereocenters. The number of carbonyl (C=O) groups is 1. The number of hydrogen-bond donors (Lipinski definition) is 1. The van der Waals surface area contributed by atoms with Crippen molar-refractivity contribution in [1.82, 2.24) is 4.98 Å². The van der Waals surface area contributed by atoms with Crippen LogP contribution in [-0.4, -0.2) is 23.2 Å². The summed E-state index contributed by atoms with van der Waals surface area (Å²) >= 11 is 5.01. The van der Waals surface area contributed by atoms with Crippen molar-refractivity contribution in [2.75, 3.05) is 7.11 Å². The number of aromatic nitrogens is 1. The van der Waals surface area contributed by atoms with Crippen LogP contribution in [-0.2, 0) is 4.74 Å². The van der Waals surface area contributed by atoms with Gasteiger partial charge in [0.15, 0.2) is 11.4 Å². The Labute approximate surface area is 96.6 Å². The lowest BCUT2D eigenvalue weighted by Gasteiger charge is -2.03. The molecule has 1 heterocycles. The van der Waals surface area contributed by atoms with Crippen molar-refractivity contribution in [3.63, 3.8) is 0 Å². The molecule has 70 valence electrons. The number of esters is 1. The van der Waals surface area contributed by atoms with Crippen LogP contribution in [0.2, 0.25) is 0 Å². The van der Waals surface area contributed by atoms with Crippen molar-refractivity contribution in [1.29, 1.82) is 0 Å². The Bertz CT molecular complexity index is 356. The third kappa shape index (κ3) is 2.31. The monoisotopic (exact) mass is 357 g/mol. The average molecular weight is 358 g/mol. The highest BCUT2D eigenvalue weighted by Gasteiger charge is 2.16. The maximum absolute atomic E-state index is 11.1. The van der Waals surface area contributed by atoms with Crippen molar-refractivity contribution in [2.45, 2.75) is 0 Å². The van der Waals surface area contributed by atoms with Crippen LogP contribution < -0.4 is 0 Å². The zero-order chi connectivity index (χ0) is 10.0. The molecule has 1 aromatic rings. The summed E-state index contributed by atoms with van der Waals surface area (Å²) in [6.07, 6.45) is 0. The first-order valence-electron chi connectivity index (χ1n) is 3.19. The third-order valence-corrected chi connectivity index (χ3v) is 2.52. The molecule has 0 fully saturated rings. The molecule has 0 bridgehead atoms. The molecule has 0 aliphatic carbocycles. The number of halogens is 2. The topological polar surface area (TPSA) is 59.4 Å². The SMILES string of the molecule is COC(=O)c1nc(Br)cc(I)c1O. The predicted octanol–water partition coefficient (Wildman–Crippen LogP) is 1.94. The first kappa shape index (κ1) is 10.7. The fourth-order valence-electron chi connectivity index (χ4n) is 0.717. The molecule has 0 radical (unpaired) electrons. The molecule has 1 rings (SSSR count). The summed E-state index contributed by atoms with van der Waals surface area (Å²) < 4.78 is 5.46. The van der Waals surface area contributed by atoms with Gasteiger partial charge >= 0.3 is 5.97 Å². The second-order valence-corrected chi connectivity index (χ2v) is 4.09. The fourth-order valence-corrected chi connectivity index (χ4v) is 2.10. The molecule has 1 aromatic heterocycles.